The van der Waals surface area contributed by atoms with Crippen LogP contribution in [0.15, 0.2) is 24.3 Å². The number of hydrazine groups is 1. The van der Waals surface area contributed by atoms with Gasteiger partial charge in [0.05, 0.1) is 6.04 Å². The van der Waals surface area contributed by atoms with Crippen molar-refractivity contribution in [3.63, 3.8) is 0 Å². The van der Waals surface area contributed by atoms with Crippen molar-refractivity contribution in [1.29, 1.82) is 0 Å². The molecule has 0 aliphatic carbocycles. The molecule has 0 spiro atoms. The summed E-state index contributed by atoms with van der Waals surface area (Å²) >= 11 is 0. The maximum atomic E-state index is 11.8. The molecule has 5 nitrogen and oxygen atoms in total. The van der Waals surface area contributed by atoms with Gasteiger partial charge in [-0.1, -0.05) is 32.0 Å². The van der Waals surface area contributed by atoms with Gasteiger partial charge in [-0.25, -0.2) is 0 Å². The number of hydrogen-bond acceptors (Lipinski definition) is 3. The number of rotatable bonds is 3. The Morgan fingerprint density at radius 1 is 1.17 bits per heavy atom. The standard InChI is InChI=1S/C13H19N3O2/c1-8(2)11(14)13(18)16-15-12(17)10-7-5-4-6-9(10)3/h4-8,11H,14H2,1-3H3,(H,15,17)(H,16,18). The Morgan fingerprint density at radius 3 is 2.33 bits per heavy atom. The first-order valence-electron chi connectivity index (χ1n) is 5.85. The number of aryl methyl sites for hydroxylation is 1. The highest BCUT2D eigenvalue weighted by atomic mass is 16.2. The van der Waals surface area contributed by atoms with Crippen LogP contribution in [0.5, 0.6) is 0 Å². The maximum absolute atomic E-state index is 11.8. The van der Waals surface area contributed by atoms with E-state index in [1.807, 2.05) is 32.9 Å². The summed E-state index contributed by atoms with van der Waals surface area (Å²) in [5.41, 5.74) is 11.7. The van der Waals surface area contributed by atoms with E-state index in [-0.39, 0.29) is 11.8 Å². The summed E-state index contributed by atoms with van der Waals surface area (Å²) < 4.78 is 0. The van der Waals surface area contributed by atoms with Gasteiger partial charge in [-0.3, -0.25) is 20.4 Å². The second kappa shape index (κ2) is 6.16. The zero-order valence-electron chi connectivity index (χ0n) is 10.9. The topological polar surface area (TPSA) is 84.2 Å². The second-order valence-corrected chi connectivity index (χ2v) is 4.53. The van der Waals surface area contributed by atoms with Gasteiger partial charge in [0.1, 0.15) is 0 Å². The lowest BCUT2D eigenvalue weighted by Gasteiger charge is -2.16. The van der Waals surface area contributed by atoms with E-state index in [0.717, 1.165) is 5.56 Å². The third kappa shape index (κ3) is 3.56. The summed E-state index contributed by atoms with van der Waals surface area (Å²) in [5, 5.41) is 0. The van der Waals surface area contributed by atoms with Gasteiger partial charge in [-0.2, -0.15) is 0 Å². The fourth-order valence-electron chi connectivity index (χ4n) is 1.40. The SMILES string of the molecule is Cc1ccccc1C(=O)NNC(=O)C(N)C(C)C. The largest absolute Gasteiger partial charge is 0.320 e. The van der Waals surface area contributed by atoms with Crippen LogP contribution in [0.1, 0.15) is 29.8 Å². The van der Waals surface area contributed by atoms with Gasteiger partial charge in [-0.05, 0) is 24.5 Å². The van der Waals surface area contributed by atoms with Gasteiger partial charge in [0.2, 0.25) is 0 Å². The van der Waals surface area contributed by atoms with Crippen molar-refractivity contribution < 1.29 is 9.59 Å². The van der Waals surface area contributed by atoms with Crippen LogP contribution in [0, 0.1) is 12.8 Å². The molecular weight excluding hydrogens is 230 g/mol. The molecule has 18 heavy (non-hydrogen) atoms. The summed E-state index contributed by atoms with van der Waals surface area (Å²) in [5.74, 6) is -0.732. The molecule has 0 heterocycles. The number of amides is 2. The zero-order valence-corrected chi connectivity index (χ0v) is 10.9. The minimum absolute atomic E-state index is 0.0142. The molecule has 0 saturated heterocycles. The number of carbonyl (C=O) groups is 2. The molecular formula is C13H19N3O2. The molecule has 1 rings (SSSR count). The maximum Gasteiger partial charge on any atom is 0.269 e. The highest BCUT2D eigenvalue weighted by molar-refractivity contribution is 5.97. The van der Waals surface area contributed by atoms with Gasteiger partial charge < -0.3 is 5.73 Å². The summed E-state index contributed by atoms with van der Waals surface area (Å²) in [7, 11) is 0. The number of nitrogens with two attached hydrogens (primary N) is 1. The molecule has 1 aromatic rings. The third-order valence-corrected chi connectivity index (χ3v) is 2.71. The van der Waals surface area contributed by atoms with Crippen LogP contribution in [-0.4, -0.2) is 17.9 Å². The van der Waals surface area contributed by atoms with Gasteiger partial charge >= 0.3 is 0 Å². The van der Waals surface area contributed by atoms with Gasteiger partial charge in [0.15, 0.2) is 0 Å². The molecule has 4 N–H and O–H groups in total. The first-order valence-corrected chi connectivity index (χ1v) is 5.85. The first kappa shape index (κ1) is 14.2. The van der Waals surface area contributed by atoms with Crippen molar-refractivity contribution in [2.75, 3.05) is 0 Å². The normalized spacial score (nSPS) is 12.1. The monoisotopic (exact) mass is 249 g/mol. The molecule has 0 bridgehead atoms. The molecule has 0 radical (unpaired) electrons. The summed E-state index contributed by atoms with van der Waals surface area (Å²) in [6, 6.07) is 6.50. The second-order valence-electron chi connectivity index (χ2n) is 4.53. The molecule has 0 fully saturated rings. The molecule has 0 aromatic heterocycles. The van der Waals surface area contributed by atoms with Crippen LogP contribution >= 0.6 is 0 Å². The molecule has 1 atom stereocenters. The predicted molar refractivity (Wildman–Crippen MR) is 69.6 cm³/mol. The lowest BCUT2D eigenvalue weighted by molar-refractivity contribution is -0.124. The van der Waals surface area contributed by atoms with E-state index in [2.05, 4.69) is 10.9 Å². The average Bonchev–Trinajstić information content (AvgIpc) is 2.35. The Labute approximate surface area is 107 Å². The van der Waals surface area contributed by atoms with Crippen LogP contribution in [-0.2, 0) is 4.79 Å². The van der Waals surface area contributed by atoms with Crippen molar-refractivity contribution in [2.45, 2.75) is 26.8 Å². The Bertz CT molecular complexity index is 444. The highest BCUT2D eigenvalue weighted by Gasteiger charge is 2.18. The van der Waals surface area contributed by atoms with Gasteiger partial charge in [0, 0.05) is 5.56 Å². The minimum Gasteiger partial charge on any atom is -0.320 e. The first-order chi connectivity index (χ1) is 8.43. The molecule has 1 aromatic carbocycles. The lowest BCUT2D eigenvalue weighted by Crippen LogP contribution is -2.51. The Morgan fingerprint density at radius 2 is 1.78 bits per heavy atom. The van der Waals surface area contributed by atoms with E-state index in [0.29, 0.717) is 5.56 Å². The molecule has 0 aliphatic heterocycles. The van der Waals surface area contributed by atoms with Gasteiger partial charge in [0.25, 0.3) is 11.8 Å². The van der Waals surface area contributed by atoms with E-state index in [1.165, 1.54) is 0 Å². The zero-order chi connectivity index (χ0) is 13.7. The van der Waals surface area contributed by atoms with E-state index >= 15 is 0 Å². The van der Waals surface area contributed by atoms with Crippen molar-refractivity contribution >= 4 is 11.8 Å². The molecule has 1 unspecified atom stereocenters. The quantitative estimate of drug-likeness (QED) is 0.691. The van der Waals surface area contributed by atoms with E-state index in [9.17, 15) is 9.59 Å². The summed E-state index contributed by atoms with van der Waals surface area (Å²) in [6.45, 7) is 5.51. The van der Waals surface area contributed by atoms with E-state index in [4.69, 9.17) is 5.73 Å². The van der Waals surface area contributed by atoms with Crippen molar-refractivity contribution in [2.24, 2.45) is 11.7 Å². The van der Waals surface area contributed by atoms with Crippen molar-refractivity contribution in [3.8, 4) is 0 Å². The molecule has 0 saturated carbocycles. The highest BCUT2D eigenvalue weighted by Crippen LogP contribution is 2.05. The van der Waals surface area contributed by atoms with Crippen molar-refractivity contribution in [1.82, 2.24) is 10.9 Å². The van der Waals surface area contributed by atoms with E-state index < -0.39 is 11.9 Å². The number of benzene rings is 1. The number of carbonyl (C=O) groups excluding carboxylic acids is 2. The van der Waals surface area contributed by atoms with Crippen LogP contribution in [0.3, 0.4) is 0 Å². The molecule has 2 amide bonds. The number of hydrogen-bond donors (Lipinski definition) is 3. The fraction of sp³-hybridized carbons (Fsp3) is 0.385. The molecule has 5 heteroatoms. The summed E-state index contributed by atoms with van der Waals surface area (Å²) in [6.07, 6.45) is 0. The fourth-order valence-corrected chi connectivity index (χ4v) is 1.40. The lowest BCUT2D eigenvalue weighted by atomic mass is 10.1. The number of nitrogens with one attached hydrogen (secondary N) is 2. The third-order valence-electron chi connectivity index (χ3n) is 2.71. The van der Waals surface area contributed by atoms with E-state index in [1.54, 1.807) is 12.1 Å². The molecule has 98 valence electrons. The van der Waals surface area contributed by atoms with Crippen LogP contribution in [0.25, 0.3) is 0 Å². The smallest absolute Gasteiger partial charge is 0.269 e. The molecule has 0 aliphatic rings. The van der Waals surface area contributed by atoms with Crippen LogP contribution < -0.4 is 16.6 Å². The Hall–Kier alpha value is -1.88. The minimum atomic E-state index is -0.637. The predicted octanol–water partition coefficient (Wildman–Crippen LogP) is 0.739. The van der Waals surface area contributed by atoms with Crippen LogP contribution in [0.4, 0.5) is 0 Å². The summed E-state index contributed by atoms with van der Waals surface area (Å²) in [4.78, 5) is 23.4. The Kier molecular flexibility index (Phi) is 4.85. The van der Waals surface area contributed by atoms with Gasteiger partial charge in [-0.15, -0.1) is 0 Å². The van der Waals surface area contributed by atoms with Crippen LogP contribution in [0.2, 0.25) is 0 Å². The van der Waals surface area contributed by atoms with Crippen molar-refractivity contribution in [3.05, 3.63) is 35.4 Å². The Balaban J connectivity index is 2.57. The average molecular weight is 249 g/mol.